The molecule has 0 N–H and O–H groups in total. The number of hydrogen-bond acceptors (Lipinski definition) is 8. The van der Waals surface area contributed by atoms with Crippen LogP contribution in [0.15, 0.2) is 36.9 Å². The third-order valence-corrected chi connectivity index (χ3v) is 4.08. The van der Waals surface area contributed by atoms with Crippen LogP contribution in [0.3, 0.4) is 0 Å². The fourth-order valence-corrected chi connectivity index (χ4v) is 2.79. The van der Waals surface area contributed by atoms with Gasteiger partial charge in [0.05, 0.1) is 29.2 Å². The Morgan fingerprint density at radius 3 is 2.48 bits per heavy atom. The summed E-state index contributed by atoms with van der Waals surface area (Å²) in [5, 5.41) is 11.9. The van der Waals surface area contributed by atoms with Crippen LogP contribution in [-0.4, -0.2) is 65.0 Å². The molecule has 0 radical (unpaired) electrons. The topological polar surface area (TPSA) is 108 Å². The zero-order valence-electron chi connectivity index (χ0n) is 15.1. The number of nitro groups is 1. The largest absolute Gasteiger partial charge is 0.383 e. The molecule has 10 nitrogen and oxygen atoms in total. The number of benzene rings is 1. The van der Waals surface area contributed by atoms with E-state index in [4.69, 9.17) is 9.47 Å². The van der Waals surface area contributed by atoms with Gasteiger partial charge in [0, 0.05) is 27.3 Å². The SMILES string of the molecule is COCCN(CCOC)c1ncnc(-n2cnc3ccccc32)c1[N+](=O)[O-]. The Morgan fingerprint density at radius 2 is 1.81 bits per heavy atom. The second kappa shape index (κ2) is 8.52. The van der Waals surface area contributed by atoms with Crippen molar-refractivity contribution in [3.05, 3.63) is 47.0 Å². The van der Waals surface area contributed by atoms with Crippen molar-refractivity contribution in [3.8, 4) is 5.82 Å². The van der Waals surface area contributed by atoms with Crippen LogP contribution in [0.5, 0.6) is 0 Å². The number of hydrogen-bond donors (Lipinski definition) is 0. The number of para-hydroxylation sites is 2. The molecule has 1 aromatic carbocycles. The predicted molar refractivity (Wildman–Crippen MR) is 99.3 cm³/mol. The van der Waals surface area contributed by atoms with E-state index >= 15 is 0 Å². The molecule has 2 aromatic heterocycles. The minimum Gasteiger partial charge on any atom is -0.383 e. The lowest BCUT2D eigenvalue weighted by molar-refractivity contribution is -0.384. The van der Waals surface area contributed by atoms with E-state index in [0.29, 0.717) is 26.3 Å². The van der Waals surface area contributed by atoms with Crippen LogP contribution in [0.1, 0.15) is 0 Å². The minimum absolute atomic E-state index is 0.165. The second-order valence-corrected chi connectivity index (χ2v) is 5.70. The Labute approximate surface area is 155 Å². The molecule has 0 fully saturated rings. The Balaban J connectivity index is 2.13. The first-order chi connectivity index (χ1) is 13.2. The molecule has 0 spiro atoms. The number of rotatable bonds is 9. The normalized spacial score (nSPS) is 11.0. The Hall–Kier alpha value is -3.11. The summed E-state index contributed by atoms with van der Waals surface area (Å²) in [7, 11) is 3.15. The van der Waals surface area contributed by atoms with Gasteiger partial charge in [-0.05, 0) is 12.1 Å². The van der Waals surface area contributed by atoms with Gasteiger partial charge in [-0.15, -0.1) is 0 Å². The first-order valence-corrected chi connectivity index (χ1v) is 8.32. The van der Waals surface area contributed by atoms with E-state index in [1.54, 1.807) is 23.7 Å². The van der Waals surface area contributed by atoms with E-state index < -0.39 is 4.92 Å². The van der Waals surface area contributed by atoms with E-state index in [2.05, 4.69) is 15.0 Å². The molecule has 0 aliphatic heterocycles. The molecular weight excluding hydrogens is 352 g/mol. The van der Waals surface area contributed by atoms with Crippen molar-refractivity contribution < 1.29 is 14.4 Å². The Kier molecular flexibility index (Phi) is 5.89. The number of fused-ring (bicyclic) bond motifs is 1. The molecule has 0 unspecified atom stereocenters. The van der Waals surface area contributed by atoms with E-state index in [9.17, 15) is 10.1 Å². The van der Waals surface area contributed by atoms with Gasteiger partial charge in [-0.1, -0.05) is 12.1 Å². The summed E-state index contributed by atoms with van der Waals surface area (Å²) in [6.45, 7) is 1.66. The van der Waals surface area contributed by atoms with Gasteiger partial charge in [-0.2, -0.15) is 0 Å². The highest BCUT2D eigenvalue weighted by Gasteiger charge is 2.28. The molecule has 0 bridgehead atoms. The van der Waals surface area contributed by atoms with Gasteiger partial charge in [0.1, 0.15) is 12.7 Å². The molecule has 0 aliphatic carbocycles. The van der Waals surface area contributed by atoms with Gasteiger partial charge in [-0.3, -0.25) is 14.7 Å². The third kappa shape index (κ3) is 3.86. The average molecular weight is 372 g/mol. The van der Waals surface area contributed by atoms with Gasteiger partial charge in [0.25, 0.3) is 0 Å². The molecule has 2 heterocycles. The first-order valence-electron chi connectivity index (χ1n) is 8.32. The van der Waals surface area contributed by atoms with Crippen molar-refractivity contribution in [2.75, 3.05) is 45.4 Å². The molecular formula is C17H20N6O4. The van der Waals surface area contributed by atoms with Gasteiger partial charge >= 0.3 is 5.69 Å². The highest BCUT2D eigenvalue weighted by molar-refractivity contribution is 5.79. The van der Waals surface area contributed by atoms with Crippen LogP contribution in [0.2, 0.25) is 0 Å². The van der Waals surface area contributed by atoms with Crippen molar-refractivity contribution in [1.29, 1.82) is 0 Å². The van der Waals surface area contributed by atoms with E-state index in [-0.39, 0.29) is 17.3 Å². The quantitative estimate of drug-likeness (QED) is 0.413. The molecule has 27 heavy (non-hydrogen) atoms. The lowest BCUT2D eigenvalue weighted by atomic mass is 10.3. The fraction of sp³-hybridized carbons (Fsp3) is 0.353. The summed E-state index contributed by atoms with van der Waals surface area (Å²) >= 11 is 0. The molecule has 0 amide bonds. The molecule has 0 atom stereocenters. The third-order valence-electron chi connectivity index (χ3n) is 4.08. The van der Waals surface area contributed by atoms with Crippen molar-refractivity contribution in [2.24, 2.45) is 0 Å². The number of aromatic nitrogens is 4. The summed E-state index contributed by atoms with van der Waals surface area (Å²) in [6.07, 6.45) is 2.84. The van der Waals surface area contributed by atoms with Crippen LogP contribution < -0.4 is 4.90 Å². The molecule has 3 aromatic rings. The summed E-state index contributed by atoms with van der Waals surface area (Å²) in [5.41, 5.74) is 1.26. The van der Waals surface area contributed by atoms with Crippen LogP contribution in [0.25, 0.3) is 16.9 Å². The maximum absolute atomic E-state index is 11.9. The molecule has 0 saturated heterocycles. The van der Waals surface area contributed by atoms with Gasteiger partial charge in [-0.25, -0.2) is 15.0 Å². The maximum Gasteiger partial charge on any atom is 0.354 e. The second-order valence-electron chi connectivity index (χ2n) is 5.70. The van der Waals surface area contributed by atoms with Crippen molar-refractivity contribution >= 4 is 22.5 Å². The number of anilines is 1. The Morgan fingerprint density at radius 1 is 1.11 bits per heavy atom. The lowest BCUT2D eigenvalue weighted by Gasteiger charge is -2.23. The molecule has 0 saturated carbocycles. The summed E-state index contributed by atoms with van der Waals surface area (Å²) in [4.78, 5) is 25.9. The zero-order valence-corrected chi connectivity index (χ0v) is 15.1. The van der Waals surface area contributed by atoms with Crippen molar-refractivity contribution in [2.45, 2.75) is 0 Å². The molecule has 142 valence electrons. The zero-order chi connectivity index (χ0) is 19.2. The van der Waals surface area contributed by atoms with Crippen LogP contribution in [0, 0.1) is 10.1 Å². The Bertz CT molecular complexity index is 921. The lowest BCUT2D eigenvalue weighted by Crippen LogP contribution is -2.32. The van der Waals surface area contributed by atoms with Crippen molar-refractivity contribution in [1.82, 2.24) is 19.5 Å². The predicted octanol–water partition coefficient (Wildman–Crippen LogP) is 1.82. The summed E-state index contributed by atoms with van der Waals surface area (Å²) in [6, 6.07) is 7.37. The number of imidazole rings is 1. The highest BCUT2D eigenvalue weighted by atomic mass is 16.6. The molecule has 0 aliphatic rings. The molecule has 3 rings (SSSR count). The van der Waals surface area contributed by atoms with Crippen molar-refractivity contribution in [3.63, 3.8) is 0 Å². The van der Waals surface area contributed by atoms with E-state index in [1.807, 2.05) is 24.3 Å². The van der Waals surface area contributed by atoms with Gasteiger partial charge in [0.2, 0.25) is 11.6 Å². The minimum atomic E-state index is -0.466. The standard InChI is InChI=1S/C17H20N6O4/c1-26-9-7-21(8-10-27-2)16-15(23(24)25)17(19-11-18-16)22-12-20-13-5-3-4-6-14(13)22/h3-6,11-12H,7-10H2,1-2H3. The van der Waals surface area contributed by atoms with Gasteiger partial charge in [0.15, 0.2) is 0 Å². The van der Waals surface area contributed by atoms with E-state index in [1.165, 1.54) is 12.7 Å². The number of nitrogens with zero attached hydrogens (tertiary/aromatic N) is 6. The monoisotopic (exact) mass is 372 g/mol. The number of ether oxygens (including phenoxy) is 2. The fourth-order valence-electron chi connectivity index (χ4n) is 2.79. The average Bonchev–Trinajstić information content (AvgIpc) is 3.11. The van der Waals surface area contributed by atoms with Crippen LogP contribution >= 0.6 is 0 Å². The van der Waals surface area contributed by atoms with E-state index in [0.717, 1.165) is 11.0 Å². The molecule has 10 heteroatoms. The summed E-state index contributed by atoms with van der Waals surface area (Å²) < 4.78 is 11.8. The number of methoxy groups -OCH3 is 2. The maximum atomic E-state index is 11.9. The summed E-state index contributed by atoms with van der Waals surface area (Å²) in [5.74, 6) is 0.385. The smallest absolute Gasteiger partial charge is 0.354 e. The first kappa shape index (κ1) is 18.7. The van der Waals surface area contributed by atoms with Crippen LogP contribution in [0.4, 0.5) is 11.5 Å². The van der Waals surface area contributed by atoms with Crippen LogP contribution in [-0.2, 0) is 9.47 Å². The highest BCUT2D eigenvalue weighted by Crippen LogP contribution is 2.32. The van der Waals surface area contributed by atoms with Gasteiger partial charge < -0.3 is 14.4 Å².